The van der Waals surface area contributed by atoms with Crippen molar-refractivity contribution < 1.29 is 8.42 Å². The highest BCUT2D eigenvalue weighted by atomic mass is 32.2. The van der Waals surface area contributed by atoms with E-state index in [-0.39, 0.29) is 10.9 Å². The third kappa shape index (κ3) is 3.75. The van der Waals surface area contributed by atoms with Crippen LogP contribution in [0.5, 0.6) is 0 Å². The van der Waals surface area contributed by atoms with Gasteiger partial charge in [0.2, 0.25) is 10.0 Å². The van der Waals surface area contributed by atoms with Crippen molar-refractivity contribution in [3.8, 4) is 6.07 Å². The Balaban J connectivity index is 2.06. The molecule has 108 valence electrons. The first-order chi connectivity index (χ1) is 9.55. The monoisotopic (exact) mass is 310 g/mol. The molecule has 6 heteroatoms. The number of nitrogens with one attached hydrogen (secondary N) is 1. The normalized spacial score (nSPS) is 22.6. The van der Waals surface area contributed by atoms with Gasteiger partial charge in [0, 0.05) is 11.3 Å². The van der Waals surface area contributed by atoms with Crippen LogP contribution in [0.4, 0.5) is 0 Å². The highest BCUT2D eigenvalue weighted by molar-refractivity contribution is 7.99. The summed E-state index contributed by atoms with van der Waals surface area (Å²) >= 11 is 1.89. The van der Waals surface area contributed by atoms with Crippen molar-refractivity contribution >= 4 is 21.8 Å². The van der Waals surface area contributed by atoms with Gasteiger partial charge in [-0.15, -0.1) is 0 Å². The molecule has 0 aliphatic heterocycles. The molecule has 0 aromatic heterocycles. The van der Waals surface area contributed by atoms with E-state index >= 15 is 0 Å². The van der Waals surface area contributed by atoms with E-state index in [4.69, 9.17) is 5.26 Å². The number of benzene rings is 1. The van der Waals surface area contributed by atoms with E-state index in [1.807, 2.05) is 17.8 Å². The predicted molar refractivity (Wildman–Crippen MR) is 81.0 cm³/mol. The smallest absolute Gasteiger partial charge is 0.208 e. The van der Waals surface area contributed by atoms with E-state index in [0.29, 0.717) is 10.8 Å². The summed E-state index contributed by atoms with van der Waals surface area (Å²) in [5, 5.41) is 9.39. The van der Waals surface area contributed by atoms with Crippen LogP contribution in [-0.4, -0.2) is 25.5 Å². The number of hydrogen-bond donors (Lipinski definition) is 1. The van der Waals surface area contributed by atoms with Crippen LogP contribution in [0.2, 0.25) is 0 Å². The largest absolute Gasteiger partial charge is 0.240 e. The molecule has 1 aliphatic rings. The molecular weight excluding hydrogens is 292 g/mol. The lowest BCUT2D eigenvalue weighted by Crippen LogP contribution is -2.33. The highest BCUT2D eigenvalue weighted by Crippen LogP contribution is 2.30. The summed E-state index contributed by atoms with van der Waals surface area (Å²) in [4.78, 5) is 0.170. The summed E-state index contributed by atoms with van der Waals surface area (Å²) in [5.41, 5.74) is 0.360. The molecule has 1 aliphatic carbocycles. The predicted octanol–water partition coefficient (Wildman–Crippen LogP) is 2.51. The average Bonchev–Trinajstić information content (AvgIpc) is 2.86. The van der Waals surface area contributed by atoms with E-state index in [2.05, 4.69) is 11.6 Å². The molecule has 0 spiro atoms. The zero-order valence-electron chi connectivity index (χ0n) is 11.4. The Morgan fingerprint density at radius 1 is 1.45 bits per heavy atom. The summed E-state index contributed by atoms with van der Waals surface area (Å²) in [6, 6.07) is 8.10. The van der Waals surface area contributed by atoms with Crippen molar-refractivity contribution in [1.29, 1.82) is 5.26 Å². The fraction of sp³-hybridized carbons (Fsp3) is 0.500. The topological polar surface area (TPSA) is 70.0 Å². The van der Waals surface area contributed by atoms with Crippen LogP contribution in [0.25, 0.3) is 0 Å². The molecule has 0 amide bonds. The van der Waals surface area contributed by atoms with Crippen LogP contribution in [0.1, 0.15) is 31.7 Å². The summed E-state index contributed by atoms with van der Waals surface area (Å²) in [6.07, 6.45) is 2.83. The van der Waals surface area contributed by atoms with Gasteiger partial charge in [0.15, 0.2) is 0 Å². The standard InChI is InChI=1S/C14H18N2O2S2/c1-2-19-13-7-6-12(9-13)16-20(17,18)14-5-3-4-11(8-14)10-15/h3-5,8,12-13,16H,2,6-7,9H2,1H3. The molecule has 2 unspecified atom stereocenters. The summed E-state index contributed by atoms with van der Waals surface area (Å²) in [6.45, 7) is 2.12. The minimum Gasteiger partial charge on any atom is -0.208 e. The first-order valence-corrected chi connectivity index (χ1v) is 9.22. The third-order valence-corrected chi connectivity index (χ3v) is 6.13. The summed E-state index contributed by atoms with van der Waals surface area (Å²) < 4.78 is 27.3. The first kappa shape index (κ1) is 15.4. The maximum atomic E-state index is 12.3. The molecule has 2 atom stereocenters. The maximum absolute atomic E-state index is 12.3. The van der Waals surface area contributed by atoms with Crippen LogP contribution >= 0.6 is 11.8 Å². The zero-order valence-corrected chi connectivity index (χ0v) is 13.0. The molecule has 0 bridgehead atoms. The van der Waals surface area contributed by atoms with Crippen molar-refractivity contribution in [3.63, 3.8) is 0 Å². The van der Waals surface area contributed by atoms with Crippen molar-refractivity contribution in [1.82, 2.24) is 4.72 Å². The lowest BCUT2D eigenvalue weighted by atomic mass is 10.2. The molecule has 1 aromatic carbocycles. The molecule has 20 heavy (non-hydrogen) atoms. The minimum atomic E-state index is -3.53. The van der Waals surface area contributed by atoms with Gasteiger partial charge in [-0.05, 0) is 43.2 Å². The van der Waals surface area contributed by atoms with E-state index in [0.717, 1.165) is 25.0 Å². The molecular formula is C14H18N2O2S2. The van der Waals surface area contributed by atoms with Gasteiger partial charge >= 0.3 is 0 Å². The second-order valence-corrected chi connectivity index (χ2v) is 8.14. The van der Waals surface area contributed by atoms with Gasteiger partial charge in [0.05, 0.1) is 16.5 Å². The van der Waals surface area contributed by atoms with Gasteiger partial charge in [-0.25, -0.2) is 13.1 Å². The number of thioether (sulfide) groups is 1. The molecule has 2 rings (SSSR count). The molecule has 4 nitrogen and oxygen atoms in total. The van der Waals surface area contributed by atoms with Crippen molar-refractivity contribution in [2.45, 2.75) is 42.4 Å². The van der Waals surface area contributed by atoms with E-state index in [9.17, 15) is 8.42 Å². The molecule has 1 fully saturated rings. The molecule has 1 N–H and O–H groups in total. The Morgan fingerprint density at radius 2 is 2.25 bits per heavy atom. The van der Waals surface area contributed by atoms with Gasteiger partial charge in [-0.2, -0.15) is 17.0 Å². The highest BCUT2D eigenvalue weighted by Gasteiger charge is 2.28. The molecule has 0 heterocycles. The quantitative estimate of drug-likeness (QED) is 0.907. The van der Waals surface area contributed by atoms with E-state index in [1.54, 1.807) is 12.1 Å². The summed E-state index contributed by atoms with van der Waals surface area (Å²) in [7, 11) is -3.53. The number of hydrogen-bond acceptors (Lipinski definition) is 4. The lowest BCUT2D eigenvalue weighted by Gasteiger charge is -2.13. The number of nitriles is 1. The average molecular weight is 310 g/mol. The maximum Gasteiger partial charge on any atom is 0.240 e. The molecule has 1 saturated carbocycles. The van der Waals surface area contributed by atoms with Crippen LogP contribution < -0.4 is 4.72 Å². The van der Waals surface area contributed by atoms with Gasteiger partial charge in [0.25, 0.3) is 0 Å². The summed E-state index contributed by atoms with van der Waals surface area (Å²) in [5.74, 6) is 1.06. The zero-order chi connectivity index (χ0) is 14.6. The van der Waals surface area contributed by atoms with Crippen LogP contribution in [0, 0.1) is 11.3 Å². The number of sulfonamides is 1. The Labute approximate surface area is 124 Å². The molecule has 0 saturated heterocycles. The van der Waals surface area contributed by atoms with Crippen molar-refractivity contribution in [3.05, 3.63) is 29.8 Å². The fourth-order valence-electron chi connectivity index (χ4n) is 2.45. The number of rotatable bonds is 5. The second kappa shape index (κ2) is 6.61. The van der Waals surface area contributed by atoms with Crippen LogP contribution in [0.3, 0.4) is 0 Å². The SMILES string of the molecule is CCSC1CCC(NS(=O)(=O)c2cccc(C#N)c2)C1. The second-order valence-electron chi connectivity index (χ2n) is 4.85. The molecule has 0 radical (unpaired) electrons. The first-order valence-electron chi connectivity index (χ1n) is 6.69. The van der Waals surface area contributed by atoms with E-state index in [1.165, 1.54) is 12.1 Å². The Hall–Kier alpha value is -1.03. The fourth-order valence-corrected chi connectivity index (χ4v) is 4.93. The third-order valence-electron chi connectivity index (χ3n) is 3.38. The van der Waals surface area contributed by atoms with Crippen molar-refractivity contribution in [2.24, 2.45) is 0 Å². The minimum absolute atomic E-state index is 0.00907. The van der Waals surface area contributed by atoms with Crippen LogP contribution in [-0.2, 0) is 10.0 Å². The van der Waals surface area contributed by atoms with Gasteiger partial charge in [-0.1, -0.05) is 13.0 Å². The Bertz CT molecular complexity index is 608. The number of nitrogens with zero attached hydrogens (tertiary/aromatic N) is 1. The Morgan fingerprint density at radius 3 is 2.95 bits per heavy atom. The van der Waals surface area contributed by atoms with E-state index < -0.39 is 10.0 Å². The van der Waals surface area contributed by atoms with Gasteiger partial charge in [-0.3, -0.25) is 0 Å². The van der Waals surface area contributed by atoms with Crippen LogP contribution in [0.15, 0.2) is 29.2 Å². The lowest BCUT2D eigenvalue weighted by molar-refractivity contribution is 0.552. The van der Waals surface area contributed by atoms with Gasteiger partial charge in [0.1, 0.15) is 0 Å². The Kier molecular flexibility index (Phi) is 5.08. The molecule has 1 aromatic rings. The van der Waals surface area contributed by atoms with Crippen molar-refractivity contribution in [2.75, 3.05) is 5.75 Å². The van der Waals surface area contributed by atoms with Gasteiger partial charge < -0.3 is 0 Å².